The van der Waals surface area contributed by atoms with Gasteiger partial charge in [-0.25, -0.2) is 12.7 Å². The van der Waals surface area contributed by atoms with Gasteiger partial charge in [-0.05, 0) is 37.1 Å². The van der Waals surface area contributed by atoms with Crippen LogP contribution in [-0.4, -0.2) is 49.8 Å². The molecular weight excluding hydrogens is 376 g/mol. The van der Waals surface area contributed by atoms with Crippen LogP contribution in [0.5, 0.6) is 5.75 Å². The Morgan fingerprint density at radius 3 is 2.57 bits per heavy atom. The van der Waals surface area contributed by atoms with Gasteiger partial charge < -0.3 is 4.74 Å². The number of sulfonamides is 1. The van der Waals surface area contributed by atoms with Crippen LogP contribution in [0, 0.1) is 0 Å². The normalized spacial score (nSPS) is 20.8. The molecule has 0 bridgehead atoms. The third-order valence-corrected chi connectivity index (χ3v) is 7.53. The van der Waals surface area contributed by atoms with E-state index in [1.54, 1.807) is 19.2 Å². The van der Waals surface area contributed by atoms with E-state index in [1.165, 1.54) is 4.31 Å². The summed E-state index contributed by atoms with van der Waals surface area (Å²) in [5, 5.41) is 0.960. The van der Waals surface area contributed by atoms with E-state index in [-0.39, 0.29) is 12.6 Å². The fourth-order valence-corrected chi connectivity index (χ4v) is 5.21. The Morgan fingerprint density at radius 2 is 1.89 bits per heavy atom. The zero-order valence-electron chi connectivity index (χ0n) is 16.8. The van der Waals surface area contributed by atoms with E-state index in [2.05, 4.69) is 0 Å². The van der Waals surface area contributed by atoms with Crippen LogP contribution in [0.2, 0.25) is 0 Å². The maximum atomic E-state index is 13.1. The lowest BCUT2D eigenvalue weighted by Crippen LogP contribution is -2.43. The zero-order valence-corrected chi connectivity index (χ0v) is 17.6. The number of hydrogen-bond acceptors (Lipinski definition) is 5. The van der Waals surface area contributed by atoms with Crippen molar-refractivity contribution in [2.75, 3.05) is 20.7 Å². The Balaban J connectivity index is 1.82. The van der Waals surface area contributed by atoms with Crippen molar-refractivity contribution in [2.45, 2.75) is 37.8 Å². The predicted molar refractivity (Wildman–Crippen MR) is 109 cm³/mol. The summed E-state index contributed by atoms with van der Waals surface area (Å²) in [5.74, 6) is 0.704. The maximum Gasteiger partial charge on any atom is 0.221 e. The van der Waals surface area contributed by atoms with E-state index in [9.17, 15) is 8.42 Å². The molecule has 1 aliphatic heterocycles. The van der Waals surface area contributed by atoms with Gasteiger partial charge in [0.15, 0.2) is 0 Å². The molecule has 0 N–H and O–H groups in total. The molecule has 1 aliphatic rings. The van der Waals surface area contributed by atoms with Crippen molar-refractivity contribution in [2.24, 2.45) is 0 Å². The first kappa shape index (κ1) is 20.8. The molecule has 28 heavy (non-hydrogen) atoms. The highest BCUT2D eigenvalue weighted by Crippen LogP contribution is 2.36. The Labute approximate surface area is 167 Å². The average molecular weight is 405 g/mol. The predicted octanol–water partition coefficient (Wildman–Crippen LogP) is 3.22. The standard InChI is InChI=1S/C21H28N2O4S/c1-16(2)23(4)28(24,25)20-15-27-22(3)21(20)18-11-8-12-19(13-18)26-14-17-9-6-5-7-10-17/h5-13,16,20-21H,14-15H2,1-4H3/t20-,21-/m1/s1. The summed E-state index contributed by atoms with van der Waals surface area (Å²) in [6.07, 6.45) is 0. The Hall–Kier alpha value is -1.93. The van der Waals surface area contributed by atoms with E-state index in [0.29, 0.717) is 12.4 Å². The van der Waals surface area contributed by atoms with Crippen molar-refractivity contribution in [1.29, 1.82) is 0 Å². The van der Waals surface area contributed by atoms with Crippen LogP contribution in [-0.2, 0) is 21.5 Å². The summed E-state index contributed by atoms with van der Waals surface area (Å²) in [7, 11) is -0.120. The summed E-state index contributed by atoms with van der Waals surface area (Å²) in [4.78, 5) is 5.60. The molecule has 0 aliphatic carbocycles. The number of benzene rings is 2. The van der Waals surface area contributed by atoms with Crippen molar-refractivity contribution in [1.82, 2.24) is 9.37 Å². The molecule has 0 saturated carbocycles. The van der Waals surface area contributed by atoms with Crippen LogP contribution in [0.25, 0.3) is 0 Å². The highest BCUT2D eigenvalue weighted by Gasteiger charge is 2.45. The molecule has 1 heterocycles. The molecule has 0 aromatic heterocycles. The maximum absolute atomic E-state index is 13.1. The summed E-state index contributed by atoms with van der Waals surface area (Å²) >= 11 is 0. The van der Waals surface area contributed by atoms with Crippen molar-refractivity contribution < 1.29 is 18.0 Å². The minimum atomic E-state index is -3.51. The van der Waals surface area contributed by atoms with Gasteiger partial charge in [0, 0.05) is 20.1 Å². The molecule has 7 heteroatoms. The third kappa shape index (κ3) is 4.38. The molecule has 0 amide bonds. The quantitative estimate of drug-likeness (QED) is 0.709. The summed E-state index contributed by atoms with van der Waals surface area (Å²) in [6.45, 7) is 4.32. The van der Waals surface area contributed by atoms with E-state index in [1.807, 2.05) is 68.4 Å². The van der Waals surface area contributed by atoms with Gasteiger partial charge in [-0.1, -0.05) is 42.5 Å². The molecule has 0 spiro atoms. The molecule has 3 rings (SSSR count). The fourth-order valence-electron chi connectivity index (χ4n) is 3.31. The summed E-state index contributed by atoms with van der Waals surface area (Å²) < 4.78 is 33.5. The van der Waals surface area contributed by atoms with Crippen LogP contribution < -0.4 is 4.74 Å². The van der Waals surface area contributed by atoms with Crippen molar-refractivity contribution >= 4 is 10.0 Å². The van der Waals surface area contributed by atoms with Crippen LogP contribution in [0.15, 0.2) is 54.6 Å². The molecule has 152 valence electrons. The Kier molecular flexibility index (Phi) is 6.40. The van der Waals surface area contributed by atoms with Gasteiger partial charge >= 0.3 is 0 Å². The van der Waals surface area contributed by atoms with Gasteiger partial charge in [-0.2, -0.15) is 5.06 Å². The van der Waals surface area contributed by atoms with Gasteiger partial charge in [0.1, 0.15) is 17.6 Å². The van der Waals surface area contributed by atoms with Crippen LogP contribution >= 0.6 is 0 Å². The molecule has 2 aromatic carbocycles. The molecule has 6 nitrogen and oxygen atoms in total. The van der Waals surface area contributed by atoms with Crippen LogP contribution in [0.4, 0.5) is 0 Å². The van der Waals surface area contributed by atoms with E-state index in [4.69, 9.17) is 9.57 Å². The molecule has 2 aromatic rings. The number of nitrogens with zero attached hydrogens (tertiary/aromatic N) is 2. The lowest BCUT2D eigenvalue weighted by molar-refractivity contribution is -0.110. The highest BCUT2D eigenvalue weighted by molar-refractivity contribution is 7.89. The molecule has 0 radical (unpaired) electrons. The largest absolute Gasteiger partial charge is 0.489 e. The third-order valence-electron chi connectivity index (χ3n) is 5.15. The molecule has 2 atom stereocenters. The minimum Gasteiger partial charge on any atom is -0.489 e. The molecule has 1 saturated heterocycles. The van der Waals surface area contributed by atoms with Crippen molar-refractivity contribution in [3.8, 4) is 5.75 Å². The van der Waals surface area contributed by atoms with Crippen LogP contribution in [0.3, 0.4) is 0 Å². The van der Waals surface area contributed by atoms with E-state index in [0.717, 1.165) is 11.1 Å². The van der Waals surface area contributed by atoms with Gasteiger partial charge in [0.2, 0.25) is 10.0 Å². The number of hydroxylamine groups is 2. The average Bonchev–Trinajstić information content (AvgIpc) is 3.09. The highest BCUT2D eigenvalue weighted by atomic mass is 32.2. The SMILES string of the molecule is CC(C)N(C)S(=O)(=O)[C@@H]1CON(C)[C@@H]1c1cccc(OCc2ccccc2)c1. The summed E-state index contributed by atoms with van der Waals surface area (Å²) in [5.41, 5.74) is 1.93. The first-order valence-electron chi connectivity index (χ1n) is 9.40. The smallest absolute Gasteiger partial charge is 0.221 e. The van der Waals surface area contributed by atoms with Gasteiger partial charge in [-0.3, -0.25) is 4.84 Å². The second-order valence-corrected chi connectivity index (χ2v) is 9.54. The first-order valence-corrected chi connectivity index (χ1v) is 10.9. The number of rotatable bonds is 7. The minimum absolute atomic E-state index is 0.114. The van der Waals surface area contributed by atoms with Crippen molar-refractivity contribution in [3.05, 3.63) is 65.7 Å². The number of ether oxygens (including phenoxy) is 1. The molecule has 1 fully saturated rings. The first-order chi connectivity index (χ1) is 13.3. The van der Waals surface area contributed by atoms with E-state index >= 15 is 0 Å². The van der Waals surface area contributed by atoms with E-state index < -0.39 is 21.3 Å². The molecular formula is C21H28N2O4S. The second kappa shape index (κ2) is 8.61. The zero-order chi connectivity index (χ0) is 20.3. The summed E-state index contributed by atoms with van der Waals surface area (Å²) in [6, 6.07) is 17.0. The van der Waals surface area contributed by atoms with Gasteiger partial charge in [0.05, 0.1) is 12.6 Å². The lowest BCUT2D eigenvalue weighted by Gasteiger charge is -2.28. The number of hydrogen-bond donors (Lipinski definition) is 0. The van der Waals surface area contributed by atoms with Crippen LogP contribution in [0.1, 0.15) is 31.0 Å². The van der Waals surface area contributed by atoms with Gasteiger partial charge in [-0.15, -0.1) is 0 Å². The second-order valence-electron chi connectivity index (χ2n) is 7.33. The monoisotopic (exact) mass is 404 g/mol. The fraction of sp³-hybridized carbons (Fsp3) is 0.429. The Morgan fingerprint density at radius 1 is 1.18 bits per heavy atom. The van der Waals surface area contributed by atoms with Crippen molar-refractivity contribution in [3.63, 3.8) is 0 Å². The van der Waals surface area contributed by atoms with Gasteiger partial charge in [0.25, 0.3) is 0 Å². The molecule has 0 unspecified atom stereocenters. The topological polar surface area (TPSA) is 59.1 Å². The Bertz CT molecular complexity index is 886. The lowest BCUT2D eigenvalue weighted by atomic mass is 10.0.